The highest BCUT2D eigenvalue weighted by Crippen LogP contribution is 2.31. The molecule has 0 bridgehead atoms. The summed E-state index contributed by atoms with van der Waals surface area (Å²) in [6.45, 7) is 1.77. The molecule has 0 saturated carbocycles. The number of nitrogens with one attached hydrogen (secondary N) is 1. The lowest BCUT2D eigenvalue weighted by Crippen LogP contribution is -2.30. The number of carboxylic acids is 1. The Bertz CT molecular complexity index is 1010. The van der Waals surface area contributed by atoms with E-state index in [0.717, 1.165) is 47.2 Å². The summed E-state index contributed by atoms with van der Waals surface area (Å²) < 4.78 is 10.7. The van der Waals surface area contributed by atoms with Gasteiger partial charge in [-0.1, -0.05) is 12.1 Å². The van der Waals surface area contributed by atoms with E-state index in [1.54, 1.807) is 13.3 Å². The third-order valence-electron chi connectivity index (χ3n) is 5.06. The van der Waals surface area contributed by atoms with E-state index >= 15 is 0 Å². The van der Waals surface area contributed by atoms with Crippen molar-refractivity contribution in [2.24, 2.45) is 0 Å². The average molecular weight is 393 g/mol. The lowest BCUT2D eigenvalue weighted by Gasteiger charge is -2.25. The van der Waals surface area contributed by atoms with Gasteiger partial charge < -0.3 is 19.9 Å². The topological polar surface area (TPSA) is 93.6 Å². The Balaban J connectivity index is 1.76. The highest BCUT2D eigenvalue weighted by Gasteiger charge is 2.20. The minimum absolute atomic E-state index is 0.0751. The lowest BCUT2D eigenvalue weighted by molar-refractivity contribution is 0.0696. The minimum atomic E-state index is -1.00. The molecule has 4 rings (SSSR count). The molecule has 3 heterocycles. The minimum Gasteiger partial charge on any atom is -0.478 e. The molecule has 3 aromatic rings. The highest BCUT2D eigenvalue weighted by molar-refractivity contribution is 6.05. The molecular weight excluding hydrogens is 370 g/mol. The first-order valence-electron chi connectivity index (χ1n) is 9.60. The monoisotopic (exact) mass is 393 g/mol. The molecule has 7 nitrogen and oxygen atoms in total. The number of hydrogen-bond donors (Lipinski definition) is 2. The van der Waals surface area contributed by atoms with E-state index in [1.807, 2.05) is 30.3 Å². The molecule has 1 atom stereocenters. The van der Waals surface area contributed by atoms with Crippen LogP contribution in [-0.4, -0.2) is 47.4 Å². The number of aromatic nitrogens is 2. The zero-order chi connectivity index (χ0) is 20.2. The molecule has 7 heteroatoms. The van der Waals surface area contributed by atoms with Gasteiger partial charge in [-0.3, -0.25) is 9.97 Å². The van der Waals surface area contributed by atoms with Crippen LogP contribution in [0.2, 0.25) is 0 Å². The quantitative estimate of drug-likeness (QED) is 0.659. The Morgan fingerprint density at radius 1 is 1.24 bits per heavy atom. The number of rotatable bonds is 6. The van der Waals surface area contributed by atoms with Gasteiger partial charge in [0.1, 0.15) is 5.56 Å². The van der Waals surface area contributed by atoms with Gasteiger partial charge in [-0.05, 0) is 36.6 Å². The molecular formula is C22H23N3O4. The lowest BCUT2D eigenvalue weighted by atomic mass is 10.0. The van der Waals surface area contributed by atoms with E-state index in [0.29, 0.717) is 18.9 Å². The molecule has 0 amide bonds. The first-order chi connectivity index (χ1) is 14.2. The predicted molar refractivity (Wildman–Crippen MR) is 110 cm³/mol. The second kappa shape index (κ2) is 8.55. The fraction of sp³-hybridized carbons (Fsp3) is 0.318. The van der Waals surface area contributed by atoms with Crippen molar-refractivity contribution in [1.82, 2.24) is 9.97 Å². The number of nitrogens with zero attached hydrogens (tertiary/aromatic N) is 2. The molecule has 2 aromatic heterocycles. The first-order valence-corrected chi connectivity index (χ1v) is 9.60. The molecule has 1 aliphatic heterocycles. The number of benzene rings is 1. The van der Waals surface area contributed by atoms with Crippen molar-refractivity contribution >= 4 is 22.6 Å². The van der Waals surface area contributed by atoms with E-state index in [4.69, 9.17) is 9.47 Å². The first kappa shape index (κ1) is 19.3. The second-order valence-corrected chi connectivity index (χ2v) is 7.11. The maximum absolute atomic E-state index is 11.8. The van der Waals surface area contributed by atoms with Crippen LogP contribution in [0.15, 0.2) is 42.7 Å². The predicted octanol–water partition coefficient (Wildman–Crippen LogP) is 3.73. The molecule has 29 heavy (non-hydrogen) atoms. The van der Waals surface area contributed by atoms with Crippen LogP contribution in [0.3, 0.4) is 0 Å². The molecule has 0 spiro atoms. The summed E-state index contributed by atoms with van der Waals surface area (Å²) in [4.78, 5) is 20.6. The Labute approximate surface area is 168 Å². The number of ether oxygens (including phenoxy) is 2. The van der Waals surface area contributed by atoms with E-state index in [-0.39, 0.29) is 11.6 Å². The van der Waals surface area contributed by atoms with Gasteiger partial charge in [-0.15, -0.1) is 0 Å². The summed E-state index contributed by atoms with van der Waals surface area (Å²) in [7, 11) is 1.64. The van der Waals surface area contributed by atoms with Crippen molar-refractivity contribution in [3.05, 3.63) is 54.0 Å². The highest BCUT2D eigenvalue weighted by atomic mass is 16.5. The van der Waals surface area contributed by atoms with E-state index in [2.05, 4.69) is 15.3 Å². The fourth-order valence-corrected chi connectivity index (χ4v) is 3.58. The third-order valence-corrected chi connectivity index (χ3v) is 5.06. The SMILES string of the molecule is COCc1ccc(-c2ccc3ncc(C(=O)O)c(NC4CCCOC4)c3c2)cn1. The van der Waals surface area contributed by atoms with Crippen LogP contribution in [-0.2, 0) is 16.1 Å². The van der Waals surface area contributed by atoms with Crippen LogP contribution in [0.1, 0.15) is 28.9 Å². The number of hydrogen-bond acceptors (Lipinski definition) is 6. The number of anilines is 1. The normalized spacial score (nSPS) is 16.7. The van der Waals surface area contributed by atoms with Crippen molar-refractivity contribution in [2.75, 3.05) is 25.6 Å². The van der Waals surface area contributed by atoms with Gasteiger partial charge in [0.15, 0.2) is 0 Å². The zero-order valence-corrected chi connectivity index (χ0v) is 16.2. The third kappa shape index (κ3) is 4.21. The van der Waals surface area contributed by atoms with Gasteiger partial charge in [0.25, 0.3) is 0 Å². The molecule has 1 aromatic carbocycles. The molecule has 1 fully saturated rings. The van der Waals surface area contributed by atoms with Gasteiger partial charge in [0, 0.05) is 43.1 Å². The van der Waals surface area contributed by atoms with Gasteiger partial charge >= 0.3 is 5.97 Å². The molecule has 0 aliphatic carbocycles. The van der Waals surface area contributed by atoms with E-state index in [9.17, 15) is 9.90 Å². The number of carbonyl (C=O) groups is 1. The van der Waals surface area contributed by atoms with Crippen molar-refractivity contribution < 1.29 is 19.4 Å². The van der Waals surface area contributed by atoms with E-state index in [1.165, 1.54) is 6.20 Å². The molecule has 1 unspecified atom stereocenters. The summed E-state index contributed by atoms with van der Waals surface area (Å²) in [5.41, 5.74) is 4.23. The number of fused-ring (bicyclic) bond motifs is 1. The van der Waals surface area contributed by atoms with Crippen LogP contribution in [0, 0.1) is 0 Å². The Hall–Kier alpha value is -3.03. The summed E-state index contributed by atoms with van der Waals surface area (Å²) in [5, 5.41) is 13.9. The molecule has 1 aliphatic rings. The van der Waals surface area contributed by atoms with Gasteiger partial charge in [0.2, 0.25) is 0 Å². The van der Waals surface area contributed by atoms with Gasteiger partial charge in [-0.2, -0.15) is 0 Å². The fourth-order valence-electron chi connectivity index (χ4n) is 3.58. The van der Waals surface area contributed by atoms with Crippen LogP contribution in [0.4, 0.5) is 5.69 Å². The molecule has 1 saturated heterocycles. The number of pyridine rings is 2. The largest absolute Gasteiger partial charge is 0.478 e. The van der Waals surface area contributed by atoms with Crippen molar-refractivity contribution in [1.29, 1.82) is 0 Å². The van der Waals surface area contributed by atoms with Gasteiger partial charge in [0.05, 0.1) is 30.1 Å². The summed E-state index contributed by atoms with van der Waals surface area (Å²) >= 11 is 0. The summed E-state index contributed by atoms with van der Waals surface area (Å²) in [6, 6.07) is 9.82. The Kier molecular flexibility index (Phi) is 5.69. The maximum Gasteiger partial charge on any atom is 0.339 e. The van der Waals surface area contributed by atoms with E-state index < -0.39 is 5.97 Å². The molecule has 2 N–H and O–H groups in total. The Morgan fingerprint density at radius 2 is 2.10 bits per heavy atom. The summed E-state index contributed by atoms with van der Waals surface area (Å²) in [6.07, 6.45) is 5.10. The van der Waals surface area contributed by atoms with Crippen LogP contribution >= 0.6 is 0 Å². The molecule has 150 valence electrons. The van der Waals surface area contributed by atoms with Gasteiger partial charge in [-0.25, -0.2) is 4.79 Å². The second-order valence-electron chi connectivity index (χ2n) is 7.11. The number of aromatic carboxylic acids is 1. The average Bonchev–Trinajstić information content (AvgIpc) is 2.75. The maximum atomic E-state index is 11.8. The summed E-state index contributed by atoms with van der Waals surface area (Å²) in [5.74, 6) is -1.00. The molecule has 0 radical (unpaired) electrons. The van der Waals surface area contributed by atoms with Crippen molar-refractivity contribution in [2.45, 2.75) is 25.5 Å². The number of carboxylic acid groups (broad SMARTS) is 1. The van der Waals surface area contributed by atoms with Crippen molar-refractivity contribution in [3.8, 4) is 11.1 Å². The van der Waals surface area contributed by atoms with Crippen molar-refractivity contribution in [3.63, 3.8) is 0 Å². The van der Waals surface area contributed by atoms with Crippen LogP contribution in [0.5, 0.6) is 0 Å². The van der Waals surface area contributed by atoms with Crippen LogP contribution < -0.4 is 5.32 Å². The Morgan fingerprint density at radius 3 is 2.79 bits per heavy atom. The zero-order valence-electron chi connectivity index (χ0n) is 16.2. The van der Waals surface area contributed by atoms with Crippen LogP contribution in [0.25, 0.3) is 22.0 Å². The number of methoxy groups -OCH3 is 1. The smallest absolute Gasteiger partial charge is 0.339 e. The standard InChI is InChI=1S/C22H23N3O4/c1-28-12-16-6-4-15(10-23-16)14-5-7-20-18(9-14)21(19(11-24-20)22(26)27)25-17-3-2-8-29-13-17/h4-7,9-11,17H,2-3,8,12-13H2,1H3,(H,24,25)(H,26,27).